The molecule has 3 aliphatic rings. The van der Waals surface area contributed by atoms with Crippen LogP contribution in [0.25, 0.3) is 0 Å². The fraction of sp³-hybridized carbons (Fsp3) is 0.875. The molecule has 0 aromatic carbocycles. The molecule has 0 spiro atoms. The van der Waals surface area contributed by atoms with Crippen molar-refractivity contribution in [1.29, 1.82) is 0 Å². The third-order valence-corrected chi connectivity index (χ3v) is 18.7. The molecule has 0 aliphatic carbocycles. The van der Waals surface area contributed by atoms with Gasteiger partial charge in [0.15, 0.2) is 33.3 Å². The molecule has 0 amide bonds. The van der Waals surface area contributed by atoms with E-state index in [2.05, 4.69) is 74.6 Å². The van der Waals surface area contributed by atoms with Crippen molar-refractivity contribution in [3.8, 4) is 0 Å². The Labute approximate surface area is 376 Å². The number of hydrogen-bond donors (Lipinski definition) is 0. The highest BCUT2D eigenvalue weighted by molar-refractivity contribution is 6.74. The largest absolute Gasteiger partial charge is 0.462 e. The molecule has 2 saturated heterocycles. The first kappa shape index (κ1) is 54.6. The minimum absolute atomic E-state index is 0.0139. The Hall–Kier alpha value is -1.72. The van der Waals surface area contributed by atoms with E-state index >= 15 is 0 Å². The Bertz CT molecular complexity index is 1440. The topological polar surface area (TPSA) is 130 Å². The molecule has 360 valence electrons. The van der Waals surface area contributed by atoms with Gasteiger partial charge in [-0.3, -0.25) is 9.59 Å². The quantitative estimate of drug-likeness (QED) is 0.0994. The zero-order valence-electron chi connectivity index (χ0n) is 41.9. The lowest BCUT2D eigenvalue weighted by atomic mass is 9.73. The summed E-state index contributed by atoms with van der Waals surface area (Å²) in [7, 11) is 6.52. The van der Waals surface area contributed by atoms with Crippen molar-refractivity contribution in [2.45, 2.75) is 207 Å². The van der Waals surface area contributed by atoms with Gasteiger partial charge in [-0.2, -0.15) is 0 Å². The fourth-order valence-electron chi connectivity index (χ4n) is 9.01. The van der Waals surface area contributed by atoms with Gasteiger partial charge in [0, 0.05) is 47.5 Å². The van der Waals surface area contributed by atoms with Gasteiger partial charge >= 0.3 is 11.9 Å². The smallest absolute Gasteiger partial charge is 0.306 e. The molecule has 0 saturated carbocycles. The lowest BCUT2D eigenvalue weighted by Crippen LogP contribution is -2.66. The van der Waals surface area contributed by atoms with Gasteiger partial charge in [0.2, 0.25) is 0 Å². The van der Waals surface area contributed by atoms with Crippen LogP contribution < -0.4 is 0 Å². The molecule has 3 aliphatic heterocycles. The van der Waals surface area contributed by atoms with E-state index in [4.69, 9.17) is 47.1 Å². The second kappa shape index (κ2) is 23.6. The van der Waals surface area contributed by atoms with Gasteiger partial charge < -0.3 is 52.0 Å². The van der Waals surface area contributed by atoms with E-state index in [1.165, 1.54) is 6.92 Å². The molecule has 13 nitrogen and oxygen atoms in total. The van der Waals surface area contributed by atoms with Crippen LogP contribution in [0.1, 0.15) is 115 Å². The van der Waals surface area contributed by atoms with Gasteiger partial charge in [-0.05, 0) is 88.5 Å². The number of carbonyl (C=O) groups excluding carboxylic acids is 2. The second-order valence-electron chi connectivity index (χ2n) is 20.9. The molecule has 0 radical (unpaired) electrons. The van der Waals surface area contributed by atoms with Gasteiger partial charge in [0.1, 0.15) is 12.2 Å². The summed E-state index contributed by atoms with van der Waals surface area (Å²) in [6.07, 6.45) is 4.53. The third kappa shape index (κ3) is 14.9. The molecular weight excluding hydrogens is 811 g/mol. The molecule has 62 heavy (non-hydrogen) atoms. The Morgan fingerprint density at radius 2 is 1.55 bits per heavy atom. The molecule has 0 aromatic rings. The maximum absolute atomic E-state index is 13.5. The minimum atomic E-state index is -2.25. The highest BCUT2D eigenvalue weighted by Crippen LogP contribution is 2.44. The Morgan fingerprint density at radius 3 is 2.10 bits per heavy atom. The molecule has 3 unspecified atom stereocenters. The highest BCUT2D eigenvalue weighted by Gasteiger charge is 2.53. The maximum Gasteiger partial charge on any atom is 0.306 e. The summed E-state index contributed by atoms with van der Waals surface area (Å²) < 4.78 is 64.9. The molecule has 2 fully saturated rings. The molecule has 0 aromatic heterocycles. The van der Waals surface area contributed by atoms with Crippen LogP contribution in [0.2, 0.25) is 18.1 Å². The van der Waals surface area contributed by atoms with Crippen LogP contribution in [0.3, 0.4) is 0 Å². The first-order valence-electron chi connectivity index (χ1n) is 23.0. The lowest BCUT2D eigenvalue weighted by molar-refractivity contribution is -0.339. The van der Waals surface area contributed by atoms with E-state index in [0.29, 0.717) is 31.6 Å². The van der Waals surface area contributed by atoms with Gasteiger partial charge in [-0.25, -0.2) is 0 Å². The monoisotopic (exact) mass is 898 g/mol. The van der Waals surface area contributed by atoms with Crippen LogP contribution in [0.5, 0.6) is 0 Å². The maximum atomic E-state index is 13.5. The molecular formula is C48H87NO12Si. The van der Waals surface area contributed by atoms with Crippen LogP contribution >= 0.6 is 0 Å². The predicted molar refractivity (Wildman–Crippen MR) is 244 cm³/mol. The van der Waals surface area contributed by atoms with E-state index in [1.807, 2.05) is 58.0 Å². The molecule has 15 atom stereocenters. The van der Waals surface area contributed by atoms with Crippen LogP contribution in [0.15, 0.2) is 24.3 Å². The fourth-order valence-corrected chi connectivity index (χ4v) is 10.4. The van der Waals surface area contributed by atoms with Crippen LogP contribution in [0.4, 0.5) is 0 Å². The van der Waals surface area contributed by atoms with Crippen LogP contribution in [-0.2, 0) is 56.6 Å². The minimum Gasteiger partial charge on any atom is -0.462 e. The predicted octanol–water partition coefficient (Wildman–Crippen LogP) is 8.69. The summed E-state index contributed by atoms with van der Waals surface area (Å²) in [5, 5.41) is -0.0228. The van der Waals surface area contributed by atoms with E-state index in [-0.39, 0.29) is 58.9 Å². The van der Waals surface area contributed by atoms with Gasteiger partial charge in [0.05, 0.1) is 43.0 Å². The number of rotatable bonds is 13. The summed E-state index contributed by atoms with van der Waals surface area (Å²) in [6, 6.07) is -0.487. The Kier molecular flexibility index (Phi) is 20.8. The van der Waals surface area contributed by atoms with Crippen LogP contribution in [0, 0.1) is 29.1 Å². The summed E-state index contributed by atoms with van der Waals surface area (Å²) >= 11 is 0. The van der Waals surface area contributed by atoms with Crippen molar-refractivity contribution in [3.63, 3.8) is 0 Å². The van der Waals surface area contributed by atoms with E-state index in [1.54, 1.807) is 21.3 Å². The summed E-state index contributed by atoms with van der Waals surface area (Å²) in [5.41, 5.74) is -0.0220. The van der Waals surface area contributed by atoms with Crippen molar-refractivity contribution in [3.05, 3.63) is 24.3 Å². The average molecular weight is 898 g/mol. The standard InChI is InChI=1S/C48H87NO12Si/c1-29-25-36(27-39(52-15)53-16)44(42(54-17)30(2)26-38(51)55-31(3)23-21-20-22-24-37(29)61-62(18,19)47(8,9)10)60-46-45(58-35(7)50)41(49(13)14)43(34(6)57-46)59-40-28-48(11,12)32(4)33(5)56-40/h20-22,24,29-34,36-37,39-46H,23,25-28H2,1-19H3/b21-20+,24-22+/t29-,30+,31-,32+,33?,34-,36-,37+,40+,41?,42+,43-,44+,45?,46+/m1/s1. The normalized spacial score (nSPS) is 38.1. The summed E-state index contributed by atoms with van der Waals surface area (Å²) in [6.45, 7) is 29.5. The number of allylic oxidation sites excluding steroid dienone is 2. The number of esters is 2. The number of hydrogen-bond acceptors (Lipinski definition) is 13. The summed E-state index contributed by atoms with van der Waals surface area (Å²) in [5.74, 6) is -1.15. The second-order valence-corrected chi connectivity index (χ2v) is 25.6. The Morgan fingerprint density at radius 1 is 0.903 bits per heavy atom. The first-order chi connectivity index (χ1) is 28.8. The SMILES string of the molecule is COC(C[C@H]1C[C@@H](C)[C@@H](O[Si](C)(C)C(C)(C)C)/C=C/C=C/C[C@@H](C)OC(=O)C[C@H](C)[C@H](OC)[C@H]1O[C@@H]1O[C@H](C)[C@@H](O[C@H]2CC(C)(C)[C@@H](C)C(C)O2)C(N(C)C)C1OC(C)=O)OC. The lowest BCUT2D eigenvalue weighted by Gasteiger charge is -2.51. The van der Waals surface area contributed by atoms with Gasteiger partial charge in [-0.1, -0.05) is 79.7 Å². The van der Waals surface area contributed by atoms with Gasteiger partial charge in [-0.15, -0.1) is 0 Å². The van der Waals surface area contributed by atoms with Crippen molar-refractivity contribution in [2.75, 3.05) is 35.4 Å². The Balaban J connectivity index is 2.21. The average Bonchev–Trinajstić information content (AvgIpc) is 3.14. The summed E-state index contributed by atoms with van der Waals surface area (Å²) in [4.78, 5) is 28.6. The number of carbonyl (C=O) groups is 2. The zero-order valence-corrected chi connectivity index (χ0v) is 42.9. The molecule has 14 heteroatoms. The number of ether oxygens (including phenoxy) is 9. The number of methoxy groups -OCH3 is 3. The first-order valence-corrected chi connectivity index (χ1v) is 25.9. The van der Waals surface area contributed by atoms with E-state index < -0.39 is 69.7 Å². The van der Waals surface area contributed by atoms with Crippen molar-refractivity contribution >= 4 is 20.3 Å². The third-order valence-electron chi connectivity index (χ3n) is 14.2. The highest BCUT2D eigenvalue weighted by atomic mass is 28.4. The number of likely N-dealkylation sites (N-methyl/N-ethyl adjacent to an activating group) is 1. The molecule has 3 rings (SSSR count). The van der Waals surface area contributed by atoms with Crippen LogP contribution in [-0.4, -0.2) is 134 Å². The molecule has 0 N–H and O–H groups in total. The number of cyclic esters (lactones) is 1. The van der Waals surface area contributed by atoms with E-state index in [9.17, 15) is 9.59 Å². The molecule has 3 heterocycles. The number of nitrogens with zero attached hydrogens (tertiary/aromatic N) is 1. The van der Waals surface area contributed by atoms with E-state index in [0.717, 1.165) is 0 Å². The van der Waals surface area contributed by atoms with Crippen molar-refractivity contribution in [2.24, 2.45) is 29.1 Å². The van der Waals surface area contributed by atoms with Crippen molar-refractivity contribution in [1.82, 2.24) is 4.90 Å². The van der Waals surface area contributed by atoms with Gasteiger partial charge in [0.25, 0.3) is 0 Å². The zero-order chi connectivity index (χ0) is 46.9. The molecule has 0 bridgehead atoms. The van der Waals surface area contributed by atoms with Crippen molar-refractivity contribution < 1.29 is 56.6 Å².